The third-order valence-corrected chi connectivity index (χ3v) is 10.7. The molecule has 3 amide bonds. The van der Waals surface area contributed by atoms with Gasteiger partial charge in [0.25, 0.3) is 11.8 Å². The van der Waals surface area contributed by atoms with Crippen LogP contribution < -0.4 is 21.0 Å². The van der Waals surface area contributed by atoms with E-state index >= 15 is 0 Å². The molecule has 1 aliphatic rings. The Balaban J connectivity index is 1.46. The zero-order chi connectivity index (χ0) is 42.0. The predicted molar refractivity (Wildman–Crippen MR) is 226 cm³/mol. The number of para-hydroxylation sites is 2. The number of benzene rings is 2. The summed E-state index contributed by atoms with van der Waals surface area (Å²) >= 11 is 0. The number of nitrogens with zero attached hydrogens (tertiary/aromatic N) is 10. The van der Waals surface area contributed by atoms with E-state index in [4.69, 9.17) is 15.5 Å². The van der Waals surface area contributed by atoms with Crippen molar-refractivity contribution in [1.82, 2.24) is 33.6 Å². The van der Waals surface area contributed by atoms with Crippen LogP contribution in [0.25, 0.3) is 11.0 Å². The molecule has 2 aromatic carbocycles. The lowest BCUT2D eigenvalue weighted by molar-refractivity contribution is 0.0979. The van der Waals surface area contributed by atoms with Crippen molar-refractivity contribution in [3.8, 4) is 5.75 Å². The van der Waals surface area contributed by atoms with E-state index in [0.29, 0.717) is 72.5 Å². The van der Waals surface area contributed by atoms with Gasteiger partial charge < -0.3 is 29.4 Å². The van der Waals surface area contributed by atoms with Crippen molar-refractivity contribution < 1.29 is 19.1 Å². The monoisotopic (exact) mass is 789 g/mol. The number of likely N-dealkylation sites (N-methyl/N-ethyl adjacent to an activating group) is 1. The van der Waals surface area contributed by atoms with Gasteiger partial charge in [-0.3, -0.25) is 23.7 Å². The number of amidine groups is 1. The summed E-state index contributed by atoms with van der Waals surface area (Å²) < 4.78 is 13.8. The van der Waals surface area contributed by atoms with Crippen molar-refractivity contribution in [2.45, 2.75) is 79.9 Å². The number of ether oxygens (including phenoxy) is 1. The molecule has 15 heteroatoms. The Morgan fingerprint density at radius 2 is 1.47 bits per heavy atom. The van der Waals surface area contributed by atoms with Gasteiger partial charge in [-0.15, -0.1) is 0 Å². The molecular formula is C43H55N11O4. The van der Waals surface area contributed by atoms with Crippen LogP contribution in [0.2, 0.25) is 0 Å². The topological polar surface area (TPSA) is 163 Å². The van der Waals surface area contributed by atoms with Gasteiger partial charge in [-0.25, -0.2) is 0 Å². The van der Waals surface area contributed by atoms with Crippen molar-refractivity contribution in [1.29, 1.82) is 0 Å². The molecule has 4 heterocycles. The van der Waals surface area contributed by atoms with E-state index in [1.165, 1.54) is 0 Å². The summed E-state index contributed by atoms with van der Waals surface area (Å²) in [6.45, 7) is 14.5. The smallest absolute Gasteiger partial charge is 0.298 e. The van der Waals surface area contributed by atoms with Gasteiger partial charge in [-0.2, -0.15) is 20.2 Å². The highest BCUT2D eigenvalue weighted by atomic mass is 16.5. The summed E-state index contributed by atoms with van der Waals surface area (Å²) in [6, 6.07) is 14.9. The van der Waals surface area contributed by atoms with E-state index < -0.39 is 17.7 Å². The van der Waals surface area contributed by atoms with Crippen molar-refractivity contribution in [2.75, 3.05) is 39.2 Å². The van der Waals surface area contributed by atoms with Crippen LogP contribution in [0, 0.1) is 13.8 Å². The van der Waals surface area contributed by atoms with Gasteiger partial charge in [0.1, 0.15) is 23.0 Å². The molecule has 0 fully saturated rings. The van der Waals surface area contributed by atoms with Gasteiger partial charge in [0, 0.05) is 51.4 Å². The number of anilines is 1. The zero-order valence-corrected chi connectivity index (χ0v) is 35.3. The summed E-state index contributed by atoms with van der Waals surface area (Å²) in [6.07, 6.45) is 1.25. The minimum atomic E-state index is -0.581. The number of nitrogens with two attached hydrogens (primary N) is 1. The van der Waals surface area contributed by atoms with Crippen LogP contribution in [-0.4, -0.2) is 91.4 Å². The molecule has 0 saturated heterocycles. The molecule has 5 aromatic rings. The molecule has 6 rings (SSSR count). The largest absolute Gasteiger partial charge is 0.493 e. The number of allylic oxidation sites excluding steroid dienone is 2. The molecule has 1 unspecified atom stereocenters. The van der Waals surface area contributed by atoms with Crippen LogP contribution in [0.3, 0.4) is 0 Å². The van der Waals surface area contributed by atoms with E-state index in [-0.39, 0.29) is 5.91 Å². The van der Waals surface area contributed by atoms with E-state index in [9.17, 15) is 14.4 Å². The molecule has 1 atom stereocenters. The summed E-state index contributed by atoms with van der Waals surface area (Å²) in [5.74, 6) is -0.720. The number of aromatic nitrogens is 6. The summed E-state index contributed by atoms with van der Waals surface area (Å²) in [7, 11) is 7.78. The molecule has 0 aliphatic carbocycles. The maximum atomic E-state index is 14.0. The fourth-order valence-electron chi connectivity index (χ4n) is 7.64. The average Bonchev–Trinajstić information content (AvgIpc) is 3.91. The number of hydrogen-bond donors (Lipinski definition) is 1. The second-order valence-corrected chi connectivity index (χ2v) is 15.3. The normalized spacial score (nSPS) is 15.5. The van der Waals surface area contributed by atoms with Crippen LogP contribution in [-0.2, 0) is 26.7 Å². The van der Waals surface area contributed by atoms with Gasteiger partial charge in [0.15, 0.2) is 0 Å². The second-order valence-electron chi connectivity index (χ2n) is 15.3. The molecule has 0 spiro atoms. The van der Waals surface area contributed by atoms with Crippen LogP contribution >= 0.6 is 0 Å². The molecule has 306 valence electrons. The molecule has 0 bridgehead atoms. The van der Waals surface area contributed by atoms with Gasteiger partial charge in [-0.05, 0) is 105 Å². The molecule has 2 N–H and O–H groups in total. The van der Waals surface area contributed by atoms with Crippen LogP contribution in [0.4, 0.5) is 5.69 Å². The second kappa shape index (κ2) is 17.2. The lowest BCUT2D eigenvalue weighted by atomic mass is 9.90. The van der Waals surface area contributed by atoms with E-state index in [1.54, 1.807) is 33.6 Å². The summed E-state index contributed by atoms with van der Waals surface area (Å²) in [5.41, 5.74) is 14.5. The Bertz CT molecular complexity index is 2530. The first-order chi connectivity index (χ1) is 27.6. The average molecular weight is 790 g/mol. The third kappa shape index (κ3) is 8.30. The predicted octanol–water partition coefficient (Wildman–Crippen LogP) is 5.40. The van der Waals surface area contributed by atoms with Crippen LogP contribution in [0.1, 0.15) is 94.7 Å². The highest BCUT2D eigenvalue weighted by Crippen LogP contribution is 2.47. The molecule has 0 saturated carbocycles. The number of aliphatic imine (C=N–C) groups is 1. The lowest BCUT2D eigenvalue weighted by Gasteiger charge is -2.19. The quantitative estimate of drug-likeness (QED) is 0.116. The number of imidazole rings is 1. The Morgan fingerprint density at radius 1 is 0.862 bits per heavy atom. The first-order valence-corrected chi connectivity index (χ1v) is 19.7. The summed E-state index contributed by atoms with van der Waals surface area (Å²) in [4.78, 5) is 53.8. The van der Waals surface area contributed by atoms with E-state index in [1.807, 2.05) is 89.6 Å². The molecule has 15 nitrogen and oxygen atoms in total. The fraction of sp³-hybridized carbons (Fsp3) is 0.419. The van der Waals surface area contributed by atoms with Crippen LogP contribution in [0.5, 0.6) is 5.75 Å². The third-order valence-electron chi connectivity index (χ3n) is 10.7. The van der Waals surface area contributed by atoms with Crippen molar-refractivity contribution >= 4 is 40.3 Å². The Morgan fingerprint density at radius 3 is 2.05 bits per heavy atom. The summed E-state index contributed by atoms with van der Waals surface area (Å²) in [5, 5.41) is 8.94. The Kier molecular flexibility index (Phi) is 12.3. The van der Waals surface area contributed by atoms with Crippen molar-refractivity contribution in [2.24, 2.45) is 22.8 Å². The van der Waals surface area contributed by atoms with Gasteiger partial charge in [-0.1, -0.05) is 23.3 Å². The minimum Gasteiger partial charge on any atom is -0.493 e. The lowest BCUT2D eigenvalue weighted by Crippen LogP contribution is -2.28. The number of carbonyl (C=O) groups excluding carboxylic acids is 3. The molecule has 58 heavy (non-hydrogen) atoms. The van der Waals surface area contributed by atoms with E-state index in [2.05, 4.69) is 38.5 Å². The Labute approximate surface area is 339 Å². The maximum Gasteiger partial charge on any atom is 0.298 e. The van der Waals surface area contributed by atoms with Gasteiger partial charge >= 0.3 is 0 Å². The highest BCUT2D eigenvalue weighted by molar-refractivity contribution is 6.15. The van der Waals surface area contributed by atoms with Gasteiger partial charge in [0.2, 0.25) is 11.5 Å². The molecule has 1 aliphatic heterocycles. The van der Waals surface area contributed by atoms with E-state index in [0.717, 1.165) is 52.1 Å². The number of amides is 3. The SMILES string of the molecule is CCn1nc(C)cc1C(=O)/N=C1/C(C/C(C)=C(\C)Cn2/c(=N/C(=O)c3cc(C)nn3CC)n(C)c3ccccc32)c2c(OCCCN(C)C)cc(C(N)=O)cc2N1C. The number of hydrogen-bond acceptors (Lipinski definition) is 7. The van der Waals surface area contributed by atoms with Crippen LogP contribution in [0.15, 0.2) is 69.7 Å². The fourth-order valence-corrected chi connectivity index (χ4v) is 7.64. The minimum absolute atomic E-state index is 0.304. The highest BCUT2D eigenvalue weighted by Gasteiger charge is 2.38. The molecule has 0 radical (unpaired) electrons. The molecule has 3 aromatic heterocycles. The standard InChI is InChI=1S/C43H55N11O4/c1-11-53-35(21-28(5)47-53)41(56)45-40-31(38-34(50(40)9)23-30(39(44)55)24-37(38)58-19-15-18-49(7)8)20-26(3)27(4)25-52-33-17-14-13-16-32(33)51(10)43(52)46-42(57)36-22-29(6)48-54(36)12-2/h13-14,16-17,21-24,31H,11-12,15,18-20,25H2,1-10H3,(H2,44,55)/b27-26+,45-40-,46-43+. The number of fused-ring (bicyclic) bond motifs is 2. The van der Waals surface area contributed by atoms with Crippen molar-refractivity contribution in [3.63, 3.8) is 0 Å². The van der Waals surface area contributed by atoms with Gasteiger partial charge in [0.05, 0.1) is 40.6 Å². The molecular weight excluding hydrogens is 735 g/mol. The maximum absolute atomic E-state index is 14.0. The zero-order valence-electron chi connectivity index (χ0n) is 35.3. The number of aryl methyl sites for hydroxylation is 5. The first-order valence-electron chi connectivity index (χ1n) is 19.7. The number of carbonyl (C=O) groups is 3. The first kappa shape index (κ1) is 41.5. The Hall–Kier alpha value is -6.09. The number of rotatable bonds is 14. The van der Waals surface area contributed by atoms with Crippen molar-refractivity contribution in [3.05, 3.63) is 99.2 Å². The number of primary amides is 1.